The minimum absolute atomic E-state index is 0.0462. The van der Waals surface area contributed by atoms with Crippen molar-refractivity contribution in [2.45, 2.75) is 32.1 Å². The highest BCUT2D eigenvalue weighted by Crippen LogP contribution is 2.33. The fourth-order valence-electron chi connectivity index (χ4n) is 2.51. The van der Waals surface area contributed by atoms with Gasteiger partial charge >= 0.3 is 0 Å². The van der Waals surface area contributed by atoms with Gasteiger partial charge in [-0.3, -0.25) is 9.59 Å². The third-order valence-corrected chi connectivity index (χ3v) is 5.95. The molecule has 0 saturated heterocycles. The summed E-state index contributed by atoms with van der Waals surface area (Å²) in [6, 6.07) is 2.93. The summed E-state index contributed by atoms with van der Waals surface area (Å²) in [6.45, 7) is 5.80. The van der Waals surface area contributed by atoms with Gasteiger partial charge in [0.2, 0.25) is 15.9 Å². The van der Waals surface area contributed by atoms with Crippen LogP contribution in [0.2, 0.25) is 0 Å². The average molecular weight is 383 g/mol. The van der Waals surface area contributed by atoms with Gasteiger partial charge < -0.3 is 15.4 Å². The smallest absolute Gasteiger partial charge is 0.262 e. The largest absolute Gasteiger partial charge is 0.482 e. The lowest BCUT2D eigenvalue weighted by atomic mass is 10.1. The minimum atomic E-state index is -3.87. The van der Waals surface area contributed by atoms with Crippen molar-refractivity contribution in [2.24, 2.45) is 5.92 Å². The van der Waals surface area contributed by atoms with Crippen molar-refractivity contribution in [3.8, 4) is 5.75 Å². The molecular weight excluding hydrogens is 358 g/mol. The summed E-state index contributed by atoms with van der Waals surface area (Å²) < 4.78 is 31.9. The number of benzene rings is 1. The Morgan fingerprint density at radius 2 is 2.08 bits per heavy atom. The predicted molar refractivity (Wildman–Crippen MR) is 97.6 cm³/mol. The molecular formula is C17H25N3O5S. The lowest BCUT2D eigenvalue weighted by Gasteiger charge is -2.22. The van der Waals surface area contributed by atoms with Crippen molar-refractivity contribution in [2.75, 3.05) is 32.1 Å². The molecule has 0 unspecified atom stereocenters. The second-order valence-electron chi connectivity index (χ2n) is 6.74. The van der Waals surface area contributed by atoms with Gasteiger partial charge in [-0.2, -0.15) is 4.31 Å². The van der Waals surface area contributed by atoms with E-state index in [-0.39, 0.29) is 29.9 Å². The maximum atomic E-state index is 12.8. The van der Waals surface area contributed by atoms with Crippen molar-refractivity contribution >= 4 is 27.5 Å². The van der Waals surface area contributed by atoms with Crippen molar-refractivity contribution in [1.29, 1.82) is 0 Å². The number of likely N-dealkylation sites (N-methyl/N-ethyl adjacent to an activating group) is 1. The van der Waals surface area contributed by atoms with Gasteiger partial charge in [0.15, 0.2) is 6.61 Å². The Hall–Kier alpha value is -2.13. The lowest BCUT2D eigenvalue weighted by molar-refractivity contribution is -0.121. The Kier molecular flexibility index (Phi) is 6.25. The molecule has 1 aromatic rings. The van der Waals surface area contributed by atoms with E-state index in [2.05, 4.69) is 10.6 Å². The highest BCUT2D eigenvalue weighted by atomic mass is 32.2. The summed E-state index contributed by atoms with van der Waals surface area (Å²) in [5, 5.41) is 5.36. The molecule has 2 N–H and O–H groups in total. The maximum absolute atomic E-state index is 12.8. The molecule has 8 nitrogen and oxygen atoms in total. The lowest BCUT2D eigenvalue weighted by Crippen LogP contribution is -2.39. The Morgan fingerprint density at radius 3 is 2.73 bits per heavy atom. The third kappa shape index (κ3) is 4.73. The van der Waals surface area contributed by atoms with Crippen LogP contribution in [-0.2, 0) is 19.6 Å². The van der Waals surface area contributed by atoms with E-state index in [4.69, 9.17) is 4.74 Å². The molecule has 1 aromatic carbocycles. The van der Waals surface area contributed by atoms with Crippen LogP contribution in [0.15, 0.2) is 17.0 Å². The molecule has 2 rings (SSSR count). The van der Waals surface area contributed by atoms with Gasteiger partial charge in [-0.1, -0.05) is 13.8 Å². The number of hydrogen-bond donors (Lipinski definition) is 2. The van der Waals surface area contributed by atoms with Crippen LogP contribution in [0.1, 0.15) is 25.8 Å². The predicted octanol–water partition coefficient (Wildman–Crippen LogP) is 1.11. The molecule has 0 aromatic heterocycles. The van der Waals surface area contributed by atoms with Crippen LogP contribution in [0.4, 0.5) is 5.69 Å². The Labute approximate surface area is 153 Å². The molecule has 144 valence electrons. The Bertz CT molecular complexity index is 805. The van der Waals surface area contributed by atoms with E-state index in [1.807, 2.05) is 13.8 Å². The zero-order valence-corrected chi connectivity index (χ0v) is 16.3. The highest BCUT2D eigenvalue weighted by molar-refractivity contribution is 7.89. The molecule has 0 spiro atoms. The minimum Gasteiger partial charge on any atom is -0.482 e. The van der Waals surface area contributed by atoms with Gasteiger partial charge in [-0.05, 0) is 30.9 Å². The van der Waals surface area contributed by atoms with E-state index in [0.717, 1.165) is 10.7 Å². The number of fused-ring (bicyclic) bond motifs is 1. The van der Waals surface area contributed by atoms with Gasteiger partial charge in [0.05, 0.1) is 17.1 Å². The van der Waals surface area contributed by atoms with Crippen LogP contribution >= 0.6 is 0 Å². The topological polar surface area (TPSA) is 105 Å². The zero-order valence-electron chi connectivity index (χ0n) is 15.5. The van der Waals surface area contributed by atoms with Gasteiger partial charge in [-0.25, -0.2) is 8.42 Å². The maximum Gasteiger partial charge on any atom is 0.262 e. The fraction of sp³-hybridized carbons (Fsp3) is 0.529. The number of ether oxygens (including phenoxy) is 1. The van der Waals surface area contributed by atoms with E-state index in [9.17, 15) is 18.0 Å². The van der Waals surface area contributed by atoms with Crippen molar-refractivity contribution in [3.05, 3.63) is 17.7 Å². The standard InChI is InChI=1S/C17H25N3O5S/c1-11(2)5-6-18-16(21)9-20(4)26(23,24)15-8-14-13(7-12(15)3)19-17(22)10-25-14/h7-8,11H,5-6,9-10H2,1-4H3,(H,18,21)(H,19,22). The molecule has 1 aliphatic heterocycles. The third-order valence-electron chi connectivity index (χ3n) is 4.01. The van der Waals surface area contributed by atoms with Crippen LogP contribution < -0.4 is 15.4 Å². The first-order valence-electron chi connectivity index (χ1n) is 8.41. The zero-order chi connectivity index (χ0) is 19.5. The molecule has 2 amide bonds. The van der Waals surface area contributed by atoms with E-state index >= 15 is 0 Å². The molecule has 26 heavy (non-hydrogen) atoms. The summed E-state index contributed by atoms with van der Waals surface area (Å²) in [4.78, 5) is 23.4. The van der Waals surface area contributed by atoms with Gasteiger partial charge in [0.25, 0.3) is 5.91 Å². The summed E-state index contributed by atoms with van der Waals surface area (Å²) in [6.07, 6.45) is 0.829. The molecule has 0 aliphatic carbocycles. The Balaban J connectivity index is 2.14. The molecule has 0 atom stereocenters. The monoisotopic (exact) mass is 383 g/mol. The number of hydrogen-bond acceptors (Lipinski definition) is 5. The number of nitrogens with one attached hydrogen (secondary N) is 2. The van der Waals surface area contributed by atoms with Crippen LogP contribution in [0.25, 0.3) is 0 Å². The number of anilines is 1. The number of sulfonamides is 1. The molecule has 1 heterocycles. The van der Waals surface area contributed by atoms with Gasteiger partial charge in [0.1, 0.15) is 5.75 Å². The number of aryl methyl sites for hydroxylation is 1. The van der Waals surface area contributed by atoms with Crippen LogP contribution in [0.5, 0.6) is 5.75 Å². The number of carbonyl (C=O) groups excluding carboxylic acids is 2. The van der Waals surface area contributed by atoms with Crippen LogP contribution in [0.3, 0.4) is 0 Å². The molecule has 0 bridgehead atoms. The van der Waals surface area contributed by atoms with Gasteiger partial charge in [0, 0.05) is 19.7 Å². The SMILES string of the molecule is Cc1cc2c(cc1S(=O)(=O)N(C)CC(=O)NCCC(C)C)OCC(=O)N2. The summed E-state index contributed by atoms with van der Waals surface area (Å²) in [5.41, 5.74) is 0.897. The summed E-state index contributed by atoms with van der Waals surface area (Å²) in [7, 11) is -2.51. The first-order valence-corrected chi connectivity index (χ1v) is 9.85. The first kappa shape index (κ1) is 20.2. The van der Waals surface area contributed by atoms with E-state index in [1.165, 1.54) is 13.1 Å². The number of carbonyl (C=O) groups is 2. The molecule has 1 aliphatic rings. The second-order valence-corrected chi connectivity index (χ2v) is 8.76. The van der Waals surface area contributed by atoms with E-state index in [0.29, 0.717) is 29.5 Å². The van der Waals surface area contributed by atoms with Crippen molar-refractivity contribution in [3.63, 3.8) is 0 Å². The van der Waals surface area contributed by atoms with E-state index < -0.39 is 10.0 Å². The normalized spacial score (nSPS) is 14.0. The van der Waals surface area contributed by atoms with Crippen LogP contribution in [0, 0.1) is 12.8 Å². The number of rotatable bonds is 7. The molecule has 0 saturated carbocycles. The molecule has 9 heteroatoms. The first-order chi connectivity index (χ1) is 12.1. The quantitative estimate of drug-likeness (QED) is 0.734. The summed E-state index contributed by atoms with van der Waals surface area (Å²) in [5.74, 6) is 0.109. The number of nitrogens with zero attached hydrogens (tertiary/aromatic N) is 1. The average Bonchev–Trinajstić information content (AvgIpc) is 2.53. The fourth-order valence-corrected chi connectivity index (χ4v) is 3.85. The van der Waals surface area contributed by atoms with Gasteiger partial charge in [-0.15, -0.1) is 0 Å². The highest BCUT2D eigenvalue weighted by Gasteiger charge is 2.27. The molecule has 0 radical (unpaired) electrons. The van der Waals surface area contributed by atoms with Crippen molar-refractivity contribution < 1.29 is 22.7 Å². The van der Waals surface area contributed by atoms with Crippen molar-refractivity contribution in [1.82, 2.24) is 9.62 Å². The number of amides is 2. The Morgan fingerprint density at radius 1 is 1.38 bits per heavy atom. The van der Waals surface area contributed by atoms with E-state index in [1.54, 1.807) is 13.0 Å². The summed E-state index contributed by atoms with van der Waals surface area (Å²) >= 11 is 0. The second kappa shape index (κ2) is 8.05. The van der Waals surface area contributed by atoms with Crippen LogP contribution in [-0.4, -0.2) is 51.3 Å². The molecule has 0 fully saturated rings.